The number of nitriles is 1. The van der Waals surface area contributed by atoms with Crippen molar-refractivity contribution in [3.05, 3.63) is 29.3 Å². The van der Waals surface area contributed by atoms with Crippen molar-refractivity contribution in [2.45, 2.75) is 76.6 Å². The first-order chi connectivity index (χ1) is 16.5. The summed E-state index contributed by atoms with van der Waals surface area (Å²) in [6, 6.07) is 4.79. The van der Waals surface area contributed by atoms with Crippen molar-refractivity contribution in [1.29, 1.82) is 5.26 Å². The van der Waals surface area contributed by atoms with Crippen molar-refractivity contribution in [2.75, 3.05) is 31.1 Å². The zero-order chi connectivity index (χ0) is 25.8. The summed E-state index contributed by atoms with van der Waals surface area (Å²) in [4.78, 5) is 18.4. The number of β-amino-alcohol motifs (C(OH)–C–C–N with tert-alkyl or cyclic N) is 1. The highest BCUT2D eigenvalue weighted by atomic mass is 32.1. The van der Waals surface area contributed by atoms with Crippen molar-refractivity contribution in [2.24, 2.45) is 0 Å². The van der Waals surface area contributed by atoms with Crippen LogP contribution in [0.15, 0.2) is 18.2 Å². The number of nitrogens with zero attached hydrogens (tertiary/aromatic N) is 4. The zero-order valence-corrected chi connectivity index (χ0v) is 21.1. The number of carbonyl (C=O) groups is 1. The fourth-order valence-electron chi connectivity index (χ4n) is 4.77. The summed E-state index contributed by atoms with van der Waals surface area (Å²) < 4.78 is 40.3. The highest BCUT2D eigenvalue weighted by molar-refractivity contribution is 7.80. The maximum absolute atomic E-state index is 13.4. The molecule has 3 rings (SSSR count). The van der Waals surface area contributed by atoms with Crippen LogP contribution in [-0.2, 0) is 11.0 Å². The number of carbonyl (C=O) groups excluding carboxylic acids is 1. The molecule has 2 fully saturated rings. The predicted molar refractivity (Wildman–Crippen MR) is 132 cm³/mol. The minimum Gasteiger partial charge on any atom is -0.392 e. The molecular weight excluding hydrogens is 477 g/mol. The van der Waals surface area contributed by atoms with Gasteiger partial charge in [-0.1, -0.05) is 25.7 Å². The molecule has 1 N–H and O–H groups in total. The van der Waals surface area contributed by atoms with Crippen LogP contribution < -0.4 is 4.90 Å². The second-order valence-corrected chi connectivity index (χ2v) is 10.2. The van der Waals surface area contributed by atoms with E-state index in [2.05, 4.69) is 4.90 Å². The van der Waals surface area contributed by atoms with Crippen LogP contribution in [0, 0.1) is 11.3 Å². The van der Waals surface area contributed by atoms with E-state index in [0.29, 0.717) is 6.54 Å². The Morgan fingerprint density at radius 2 is 1.77 bits per heavy atom. The largest absolute Gasteiger partial charge is 0.417 e. The van der Waals surface area contributed by atoms with Gasteiger partial charge in [0.05, 0.1) is 29.0 Å². The van der Waals surface area contributed by atoms with Crippen molar-refractivity contribution in [3.8, 4) is 6.07 Å². The summed E-state index contributed by atoms with van der Waals surface area (Å²) in [5.74, 6) is -0.382. The van der Waals surface area contributed by atoms with E-state index >= 15 is 0 Å². The molecule has 0 unspecified atom stereocenters. The van der Waals surface area contributed by atoms with Gasteiger partial charge < -0.3 is 14.9 Å². The molecule has 1 aromatic carbocycles. The average Bonchev–Trinajstić information content (AvgIpc) is 3.28. The van der Waals surface area contributed by atoms with E-state index in [0.717, 1.165) is 81.6 Å². The topological polar surface area (TPSA) is 70.8 Å². The standard InChI is InChI=1S/C25H33F3N4O2S/c1-24(2)22(34)32(19-10-9-18(16-29)21(15-19)25(26,27)28)23(35)31(24)13-8-6-4-3-5-7-12-30-14-11-20(33)17-30/h9-10,15,20,33H,3-8,11-14,17H2,1-2H3/t20-/m1/s1. The monoisotopic (exact) mass is 510 g/mol. The van der Waals surface area contributed by atoms with Crippen molar-refractivity contribution in [1.82, 2.24) is 9.80 Å². The Morgan fingerprint density at radius 1 is 1.14 bits per heavy atom. The molecular formula is C25H33F3N4O2S. The minimum absolute atomic E-state index is 0.0208. The number of anilines is 1. The van der Waals surface area contributed by atoms with E-state index in [-0.39, 0.29) is 22.8 Å². The fourth-order valence-corrected chi connectivity index (χ4v) is 5.28. The number of hydrogen-bond acceptors (Lipinski definition) is 5. The van der Waals surface area contributed by atoms with Gasteiger partial charge in [0.2, 0.25) is 0 Å². The Bertz CT molecular complexity index is 976. The first-order valence-corrected chi connectivity index (χ1v) is 12.6. The molecule has 1 aromatic rings. The number of thiocarbonyl (C=S) groups is 1. The summed E-state index contributed by atoms with van der Waals surface area (Å²) >= 11 is 5.53. The summed E-state index contributed by atoms with van der Waals surface area (Å²) in [6.45, 7) is 6.78. The first kappa shape index (κ1) is 27.4. The van der Waals surface area contributed by atoms with Gasteiger partial charge in [-0.3, -0.25) is 9.69 Å². The number of amides is 1. The van der Waals surface area contributed by atoms with E-state index < -0.39 is 22.8 Å². The Morgan fingerprint density at radius 3 is 2.34 bits per heavy atom. The first-order valence-electron chi connectivity index (χ1n) is 12.1. The van der Waals surface area contributed by atoms with Gasteiger partial charge in [0, 0.05) is 19.6 Å². The molecule has 35 heavy (non-hydrogen) atoms. The molecule has 1 atom stereocenters. The van der Waals surface area contributed by atoms with Gasteiger partial charge in [-0.25, -0.2) is 0 Å². The fraction of sp³-hybridized carbons (Fsp3) is 0.640. The molecule has 0 saturated carbocycles. The average molecular weight is 511 g/mol. The molecule has 2 heterocycles. The van der Waals surface area contributed by atoms with E-state index in [1.54, 1.807) is 24.8 Å². The van der Waals surface area contributed by atoms with Crippen LogP contribution in [0.1, 0.15) is 69.9 Å². The minimum atomic E-state index is -4.71. The summed E-state index contributed by atoms with van der Waals surface area (Å²) in [7, 11) is 0. The van der Waals surface area contributed by atoms with Gasteiger partial charge >= 0.3 is 6.18 Å². The molecule has 192 valence electrons. The Kier molecular flexibility index (Phi) is 8.78. The molecule has 0 radical (unpaired) electrons. The Labute approximate surface area is 210 Å². The molecule has 6 nitrogen and oxygen atoms in total. The number of aliphatic hydroxyl groups excluding tert-OH is 1. The lowest BCUT2D eigenvalue weighted by molar-refractivity contribution is -0.137. The van der Waals surface area contributed by atoms with Crippen LogP contribution in [0.25, 0.3) is 0 Å². The lowest BCUT2D eigenvalue weighted by Gasteiger charge is -2.29. The summed E-state index contributed by atoms with van der Waals surface area (Å²) in [5, 5.41) is 18.8. The smallest absolute Gasteiger partial charge is 0.392 e. The van der Waals surface area contributed by atoms with Crippen LogP contribution in [0.5, 0.6) is 0 Å². The number of benzene rings is 1. The van der Waals surface area contributed by atoms with Gasteiger partial charge in [0.15, 0.2) is 5.11 Å². The molecule has 2 aliphatic heterocycles. The van der Waals surface area contributed by atoms with Gasteiger partial charge in [0.1, 0.15) is 5.54 Å². The summed E-state index contributed by atoms with van der Waals surface area (Å²) in [5.41, 5.74) is -2.52. The Hall–Kier alpha value is -2.22. The van der Waals surface area contributed by atoms with Gasteiger partial charge in [-0.15, -0.1) is 0 Å². The maximum Gasteiger partial charge on any atom is 0.417 e. The zero-order valence-electron chi connectivity index (χ0n) is 20.3. The number of hydrogen-bond donors (Lipinski definition) is 1. The molecule has 0 spiro atoms. The SMILES string of the molecule is CC1(C)C(=O)N(c2ccc(C#N)c(C(F)(F)F)c2)C(=S)N1CCCCCCCCN1CC[C@@H](O)C1. The van der Waals surface area contributed by atoms with Crippen molar-refractivity contribution in [3.63, 3.8) is 0 Å². The van der Waals surface area contributed by atoms with Crippen LogP contribution in [-0.4, -0.2) is 63.7 Å². The predicted octanol–water partition coefficient (Wildman–Crippen LogP) is 4.70. The summed E-state index contributed by atoms with van der Waals surface area (Å²) in [6.07, 6.45) is 2.19. The second kappa shape index (κ2) is 11.2. The molecule has 1 amide bonds. The van der Waals surface area contributed by atoms with Crippen LogP contribution >= 0.6 is 12.2 Å². The number of rotatable bonds is 10. The maximum atomic E-state index is 13.4. The highest BCUT2D eigenvalue weighted by Crippen LogP contribution is 2.38. The molecule has 10 heteroatoms. The van der Waals surface area contributed by atoms with E-state index in [1.807, 2.05) is 0 Å². The molecule has 0 aliphatic carbocycles. The van der Waals surface area contributed by atoms with E-state index in [4.69, 9.17) is 17.5 Å². The van der Waals surface area contributed by atoms with E-state index in [9.17, 15) is 23.1 Å². The van der Waals surface area contributed by atoms with E-state index in [1.165, 1.54) is 6.07 Å². The van der Waals surface area contributed by atoms with Crippen molar-refractivity contribution >= 4 is 28.9 Å². The van der Waals surface area contributed by atoms with Crippen LogP contribution in [0.4, 0.5) is 18.9 Å². The van der Waals surface area contributed by atoms with Gasteiger partial charge in [-0.05, 0) is 70.1 Å². The van der Waals surface area contributed by atoms with Crippen LogP contribution in [0.3, 0.4) is 0 Å². The molecule has 2 saturated heterocycles. The van der Waals surface area contributed by atoms with Crippen LogP contribution in [0.2, 0.25) is 0 Å². The lowest BCUT2D eigenvalue weighted by atomic mass is 10.0. The normalized spacial score (nSPS) is 20.7. The number of alkyl halides is 3. The van der Waals surface area contributed by atoms with Gasteiger partial charge in [0.25, 0.3) is 5.91 Å². The number of unbranched alkanes of at least 4 members (excludes halogenated alkanes) is 5. The molecule has 0 aromatic heterocycles. The number of likely N-dealkylation sites (tertiary alicyclic amines) is 1. The van der Waals surface area contributed by atoms with Crippen molar-refractivity contribution < 1.29 is 23.1 Å². The highest BCUT2D eigenvalue weighted by Gasteiger charge is 2.49. The van der Waals surface area contributed by atoms with Gasteiger partial charge in [-0.2, -0.15) is 18.4 Å². The quantitative estimate of drug-likeness (QED) is 0.364. The Balaban J connectivity index is 1.52. The third kappa shape index (κ3) is 6.32. The second-order valence-electron chi connectivity index (χ2n) is 9.84. The third-order valence-electron chi connectivity index (χ3n) is 6.86. The number of halogens is 3. The molecule has 0 bridgehead atoms. The molecule has 2 aliphatic rings. The lowest BCUT2D eigenvalue weighted by Crippen LogP contribution is -2.44. The number of aliphatic hydroxyl groups is 1. The third-order valence-corrected chi connectivity index (χ3v) is 7.27.